The number of hydrogen-bond donors (Lipinski definition) is 2. The molecule has 1 atom stereocenters. The van der Waals surface area contributed by atoms with Crippen LogP contribution in [0.1, 0.15) is 32.6 Å². The number of nitrogens with zero attached hydrogens (tertiary/aromatic N) is 3. The summed E-state index contributed by atoms with van der Waals surface area (Å²) in [6.45, 7) is 9.11. The van der Waals surface area contributed by atoms with E-state index in [1.807, 2.05) is 6.92 Å². The molecule has 0 aromatic rings. The molecule has 5 nitrogen and oxygen atoms in total. The molecule has 152 valence electrons. The molecule has 1 unspecified atom stereocenters. The molecule has 3 heterocycles. The molecular weight excluding hydrogens is 458 g/mol. The summed E-state index contributed by atoms with van der Waals surface area (Å²) in [7, 11) is 0. The Morgan fingerprint density at radius 3 is 2.23 bits per heavy atom. The van der Waals surface area contributed by atoms with Crippen LogP contribution in [-0.2, 0) is 0 Å². The van der Waals surface area contributed by atoms with E-state index in [0.717, 1.165) is 51.8 Å². The highest BCUT2D eigenvalue weighted by molar-refractivity contribution is 14.0. The maximum absolute atomic E-state index is 12.8. The topological polar surface area (TPSA) is 42.9 Å². The lowest BCUT2D eigenvalue weighted by Gasteiger charge is -2.47. The van der Waals surface area contributed by atoms with Gasteiger partial charge in [0.15, 0.2) is 5.96 Å². The molecule has 2 N–H and O–H groups in total. The average molecular weight is 489 g/mol. The fourth-order valence-corrected chi connectivity index (χ4v) is 4.17. The summed E-state index contributed by atoms with van der Waals surface area (Å²) in [6.07, 6.45) is -2.51. The molecule has 9 heteroatoms. The lowest BCUT2D eigenvalue weighted by atomic mass is 9.85. The van der Waals surface area contributed by atoms with Crippen LogP contribution in [0.5, 0.6) is 0 Å². The lowest BCUT2D eigenvalue weighted by Crippen LogP contribution is -2.62. The maximum atomic E-state index is 12.8. The quantitative estimate of drug-likeness (QED) is 0.362. The smallest absolute Gasteiger partial charge is 0.357 e. The van der Waals surface area contributed by atoms with E-state index in [4.69, 9.17) is 4.99 Å². The number of hydrogen-bond acceptors (Lipinski definition) is 3. The maximum Gasteiger partial charge on any atom is 0.391 e. The predicted octanol–water partition coefficient (Wildman–Crippen LogP) is 2.28. The molecule has 4 aliphatic rings. The lowest BCUT2D eigenvalue weighted by molar-refractivity contribution is -0.182. The first-order valence-corrected chi connectivity index (χ1v) is 9.53. The summed E-state index contributed by atoms with van der Waals surface area (Å²) < 4.78 is 38.4. The Bertz CT molecular complexity index is 458. The van der Waals surface area contributed by atoms with Gasteiger partial charge in [0.2, 0.25) is 0 Å². The van der Waals surface area contributed by atoms with Gasteiger partial charge in [-0.15, -0.1) is 24.0 Å². The Morgan fingerprint density at radius 2 is 1.73 bits per heavy atom. The molecule has 0 aromatic heterocycles. The van der Waals surface area contributed by atoms with Crippen LogP contribution in [0.4, 0.5) is 13.2 Å². The first-order chi connectivity index (χ1) is 12.0. The highest BCUT2D eigenvalue weighted by Gasteiger charge is 2.41. The first kappa shape index (κ1) is 22.0. The monoisotopic (exact) mass is 489 g/mol. The Balaban J connectivity index is 0.00000243. The van der Waals surface area contributed by atoms with Crippen molar-refractivity contribution < 1.29 is 13.2 Å². The van der Waals surface area contributed by atoms with Gasteiger partial charge in [-0.1, -0.05) is 0 Å². The number of nitrogens with one attached hydrogen (secondary N) is 2. The Hall–Kier alpha value is -0.290. The SMILES string of the molecule is CCNC(=NCC1CN2CCN1CC2)NC1CCC(C(F)(F)F)CC1.I. The third-order valence-corrected chi connectivity index (χ3v) is 5.73. The van der Waals surface area contributed by atoms with Crippen molar-refractivity contribution in [3.8, 4) is 0 Å². The van der Waals surface area contributed by atoms with E-state index >= 15 is 0 Å². The minimum atomic E-state index is -4.05. The highest BCUT2D eigenvalue weighted by atomic mass is 127. The van der Waals surface area contributed by atoms with Crippen molar-refractivity contribution >= 4 is 29.9 Å². The van der Waals surface area contributed by atoms with Crippen LogP contribution < -0.4 is 10.6 Å². The average Bonchev–Trinajstić information content (AvgIpc) is 2.61. The molecule has 0 radical (unpaired) electrons. The minimum Gasteiger partial charge on any atom is -0.357 e. The summed E-state index contributed by atoms with van der Waals surface area (Å²) in [4.78, 5) is 9.71. The number of aliphatic imine (C=N–C) groups is 1. The van der Waals surface area contributed by atoms with Crippen molar-refractivity contribution in [2.24, 2.45) is 10.9 Å². The van der Waals surface area contributed by atoms with Crippen molar-refractivity contribution in [3.05, 3.63) is 0 Å². The van der Waals surface area contributed by atoms with E-state index in [1.165, 1.54) is 0 Å². The number of alkyl halides is 3. The largest absolute Gasteiger partial charge is 0.391 e. The van der Waals surface area contributed by atoms with Gasteiger partial charge >= 0.3 is 6.18 Å². The zero-order chi connectivity index (χ0) is 17.9. The summed E-state index contributed by atoms with van der Waals surface area (Å²) in [5.74, 6) is -0.389. The number of guanidine groups is 1. The first-order valence-electron chi connectivity index (χ1n) is 9.53. The third kappa shape index (κ3) is 5.85. The van der Waals surface area contributed by atoms with Crippen LogP contribution in [-0.4, -0.2) is 79.8 Å². The van der Waals surface area contributed by atoms with E-state index in [2.05, 4.69) is 20.4 Å². The fraction of sp³-hybridized carbons (Fsp3) is 0.941. The van der Waals surface area contributed by atoms with E-state index in [-0.39, 0.29) is 42.9 Å². The molecule has 1 aliphatic carbocycles. The van der Waals surface area contributed by atoms with Gasteiger partial charge in [0, 0.05) is 51.4 Å². The van der Waals surface area contributed by atoms with Gasteiger partial charge in [-0.2, -0.15) is 13.2 Å². The standard InChI is InChI=1S/C17H30F3N5.HI/c1-2-21-16(22-11-15-12-24-7-9-25(15)10-8-24)23-14-5-3-13(4-6-14)17(18,19)20;/h13-15H,2-12H2,1H3,(H2,21,22,23);1H. The van der Waals surface area contributed by atoms with Gasteiger partial charge in [-0.05, 0) is 32.6 Å². The molecule has 0 amide bonds. The zero-order valence-electron chi connectivity index (χ0n) is 15.4. The van der Waals surface area contributed by atoms with E-state index < -0.39 is 12.1 Å². The summed E-state index contributed by atoms with van der Waals surface area (Å²) in [6, 6.07) is 0.544. The second kappa shape index (κ2) is 9.77. The number of piperazine rings is 3. The molecule has 4 rings (SSSR count). The van der Waals surface area contributed by atoms with Crippen molar-refractivity contribution in [2.45, 2.75) is 50.9 Å². The second-order valence-electron chi connectivity index (χ2n) is 7.44. The molecule has 0 spiro atoms. The van der Waals surface area contributed by atoms with Gasteiger partial charge in [0.25, 0.3) is 0 Å². The molecule has 3 aliphatic heterocycles. The molecule has 4 fully saturated rings. The fourth-order valence-electron chi connectivity index (χ4n) is 4.17. The highest BCUT2D eigenvalue weighted by Crippen LogP contribution is 2.37. The third-order valence-electron chi connectivity index (χ3n) is 5.73. The van der Waals surface area contributed by atoms with Crippen LogP contribution >= 0.6 is 24.0 Å². The molecule has 26 heavy (non-hydrogen) atoms. The Morgan fingerprint density at radius 1 is 1.08 bits per heavy atom. The summed E-state index contributed by atoms with van der Waals surface area (Å²) in [5, 5.41) is 6.59. The van der Waals surface area contributed by atoms with Gasteiger partial charge in [0.05, 0.1) is 12.5 Å². The number of halogens is 4. The minimum absolute atomic E-state index is 0. The number of fused-ring (bicyclic) bond motifs is 3. The van der Waals surface area contributed by atoms with E-state index in [9.17, 15) is 13.2 Å². The van der Waals surface area contributed by atoms with Crippen molar-refractivity contribution in [2.75, 3.05) is 45.8 Å². The molecule has 1 saturated carbocycles. The molecule has 2 bridgehead atoms. The molecule has 0 aromatic carbocycles. The molecular formula is C17H31F3IN5. The van der Waals surface area contributed by atoms with Crippen molar-refractivity contribution in [1.29, 1.82) is 0 Å². The molecule has 3 saturated heterocycles. The normalized spacial score (nSPS) is 34.9. The summed E-state index contributed by atoms with van der Waals surface area (Å²) in [5.41, 5.74) is 0. The zero-order valence-corrected chi connectivity index (χ0v) is 17.7. The predicted molar refractivity (Wildman–Crippen MR) is 108 cm³/mol. The van der Waals surface area contributed by atoms with E-state index in [0.29, 0.717) is 18.9 Å². The summed E-state index contributed by atoms with van der Waals surface area (Å²) >= 11 is 0. The van der Waals surface area contributed by atoms with Crippen LogP contribution in [0.25, 0.3) is 0 Å². The van der Waals surface area contributed by atoms with Gasteiger partial charge < -0.3 is 10.6 Å². The van der Waals surface area contributed by atoms with Crippen LogP contribution in [0.15, 0.2) is 4.99 Å². The van der Waals surface area contributed by atoms with Gasteiger partial charge in [-0.25, -0.2) is 0 Å². The van der Waals surface area contributed by atoms with Crippen LogP contribution in [0.2, 0.25) is 0 Å². The van der Waals surface area contributed by atoms with Crippen molar-refractivity contribution in [1.82, 2.24) is 20.4 Å². The van der Waals surface area contributed by atoms with Crippen LogP contribution in [0.3, 0.4) is 0 Å². The Kier molecular flexibility index (Phi) is 8.27. The van der Waals surface area contributed by atoms with E-state index in [1.54, 1.807) is 0 Å². The van der Waals surface area contributed by atoms with Crippen LogP contribution in [0, 0.1) is 5.92 Å². The Labute approximate surface area is 171 Å². The van der Waals surface area contributed by atoms with Crippen molar-refractivity contribution in [3.63, 3.8) is 0 Å². The van der Waals surface area contributed by atoms with Gasteiger partial charge in [-0.3, -0.25) is 14.8 Å². The second-order valence-corrected chi connectivity index (χ2v) is 7.44. The number of rotatable bonds is 4. The van der Waals surface area contributed by atoms with Gasteiger partial charge in [0.1, 0.15) is 0 Å².